The Labute approximate surface area is 271 Å². The third kappa shape index (κ3) is 6.56. The lowest BCUT2D eigenvalue weighted by molar-refractivity contribution is -0.131. The number of amides is 2. The zero-order valence-electron chi connectivity index (χ0n) is 27.9. The van der Waals surface area contributed by atoms with E-state index in [-0.39, 0.29) is 31.1 Å². The molecule has 0 aromatic heterocycles. The predicted octanol–water partition coefficient (Wildman–Crippen LogP) is 5.69. The van der Waals surface area contributed by atoms with Gasteiger partial charge < -0.3 is 24.2 Å². The molecule has 4 fully saturated rings. The molecule has 1 aromatic carbocycles. The third-order valence-electron chi connectivity index (χ3n) is 11.1. The van der Waals surface area contributed by atoms with Crippen LogP contribution in [0.3, 0.4) is 0 Å². The molecule has 2 amide bonds. The summed E-state index contributed by atoms with van der Waals surface area (Å²) in [7, 11) is -0.821. The molecule has 9 nitrogen and oxygen atoms in total. The Morgan fingerprint density at radius 3 is 2.26 bits per heavy atom. The van der Waals surface area contributed by atoms with Crippen molar-refractivity contribution in [3.8, 4) is 6.07 Å². The van der Waals surface area contributed by atoms with E-state index < -0.39 is 59.8 Å². The number of likely N-dealkylation sites (tertiary alicyclic amines) is 1. The van der Waals surface area contributed by atoms with Crippen molar-refractivity contribution in [2.24, 2.45) is 0 Å². The minimum absolute atomic E-state index is 0.0502. The lowest BCUT2D eigenvalue weighted by Gasteiger charge is -2.41. The number of carbonyl (C=O) groups excluding carboxylic acids is 1. The maximum atomic E-state index is 14.2. The van der Waals surface area contributed by atoms with Crippen LogP contribution in [0.4, 0.5) is 13.6 Å². The average Bonchev–Trinajstić information content (AvgIpc) is 3.70. The number of nitriles is 1. The van der Waals surface area contributed by atoms with Crippen LogP contribution in [0.25, 0.3) is 0 Å². The summed E-state index contributed by atoms with van der Waals surface area (Å²) < 4.78 is 40.9. The zero-order valence-corrected chi connectivity index (χ0v) is 27.9. The van der Waals surface area contributed by atoms with Crippen molar-refractivity contribution in [2.75, 3.05) is 19.6 Å². The summed E-state index contributed by atoms with van der Waals surface area (Å²) in [5.41, 5.74) is -2.14. The van der Waals surface area contributed by atoms with Gasteiger partial charge in [-0.2, -0.15) is 5.26 Å². The van der Waals surface area contributed by atoms with Gasteiger partial charge in [0.2, 0.25) is 0 Å². The Morgan fingerprint density at radius 2 is 1.74 bits per heavy atom. The average molecular weight is 641 g/mol. The molecule has 4 aliphatic rings. The highest BCUT2D eigenvalue weighted by Crippen LogP contribution is 2.48. The first-order valence-corrected chi connectivity index (χ1v) is 16.4. The van der Waals surface area contributed by atoms with Crippen molar-refractivity contribution in [3.63, 3.8) is 0 Å². The summed E-state index contributed by atoms with van der Waals surface area (Å²) in [5, 5.41) is 20.9. The molecule has 0 unspecified atom stereocenters. The van der Waals surface area contributed by atoms with Gasteiger partial charge in [0.05, 0.1) is 29.2 Å². The minimum Gasteiger partial charge on any atom is -0.465 e. The van der Waals surface area contributed by atoms with Gasteiger partial charge in [0.1, 0.15) is 11.6 Å². The molecule has 1 aromatic rings. The number of hydrogen-bond donors (Lipinski definition) is 1. The highest BCUT2D eigenvalue weighted by atomic mass is 19.3. The molecule has 4 heterocycles. The van der Waals surface area contributed by atoms with Gasteiger partial charge in [0.15, 0.2) is 0 Å². The van der Waals surface area contributed by atoms with Crippen LogP contribution in [0.15, 0.2) is 42.0 Å². The number of halogens is 2. The largest absolute Gasteiger partial charge is 0.482 e. The second-order valence-corrected chi connectivity index (χ2v) is 15.1. The Morgan fingerprint density at radius 1 is 1.13 bits per heavy atom. The first-order chi connectivity index (χ1) is 21.4. The third-order valence-corrected chi connectivity index (χ3v) is 11.1. The molecule has 2 bridgehead atoms. The predicted molar refractivity (Wildman–Crippen MR) is 170 cm³/mol. The Hall–Kier alpha value is -3.01. The fourth-order valence-corrected chi connectivity index (χ4v) is 7.67. The fraction of sp³-hybridized carbons (Fsp3) is 0.676. The molecule has 250 valence electrons. The van der Waals surface area contributed by atoms with Crippen LogP contribution < -0.4 is 0 Å². The van der Waals surface area contributed by atoms with Gasteiger partial charge in [0.25, 0.3) is 11.8 Å². The van der Waals surface area contributed by atoms with Gasteiger partial charge in [-0.1, -0.05) is 30.3 Å². The second-order valence-electron chi connectivity index (χ2n) is 15.1. The van der Waals surface area contributed by atoms with Crippen molar-refractivity contribution < 1.29 is 32.8 Å². The number of rotatable bonds is 10. The molecule has 1 N–H and O–H groups in total. The smallest absolute Gasteiger partial charge is 0.465 e. The van der Waals surface area contributed by atoms with E-state index in [0.717, 1.165) is 5.56 Å². The van der Waals surface area contributed by atoms with Crippen molar-refractivity contribution in [2.45, 2.75) is 127 Å². The summed E-state index contributed by atoms with van der Waals surface area (Å²) in [6.45, 7) is 11.0. The molecule has 0 spiro atoms. The maximum Gasteiger partial charge on any atom is 0.482 e. The number of hydrogen-bond acceptors (Lipinski definition) is 6. The van der Waals surface area contributed by atoms with Crippen LogP contribution >= 0.6 is 0 Å². The molecule has 0 aliphatic carbocycles. The van der Waals surface area contributed by atoms with Crippen molar-refractivity contribution in [3.05, 3.63) is 47.5 Å². The van der Waals surface area contributed by atoms with Gasteiger partial charge in [-0.15, -0.1) is 0 Å². The van der Waals surface area contributed by atoms with Crippen LogP contribution in [-0.4, -0.2) is 98.7 Å². The van der Waals surface area contributed by atoms with E-state index >= 15 is 0 Å². The minimum atomic E-state index is -2.81. The monoisotopic (exact) mass is 640 g/mol. The van der Waals surface area contributed by atoms with Gasteiger partial charge in [-0.25, -0.2) is 13.6 Å². The number of carbonyl (C=O) groups is 2. The normalized spacial score (nSPS) is 27.5. The number of nitrogens with zero attached hydrogens (tertiary/aromatic N) is 4. The highest BCUT2D eigenvalue weighted by molar-refractivity contribution is 6.48. The number of fused-ring (bicyclic) bond motifs is 2. The SMILES string of the molecule is CC(C)(C=C(C#N)C(=O)N1C2CCC1(CN(C(=O)O)[C@@H](CCc1ccccc1)B1OC(C)(C)C(C)(C)O1)CC2)N1CCC(F)(F)C1. The molecule has 46 heavy (non-hydrogen) atoms. The lowest BCUT2D eigenvalue weighted by atomic mass is 9.73. The maximum absolute atomic E-state index is 14.2. The van der Waals surface area contributed by atoms with E-state index in [1.807, 2.05) is 58.0 Å². The fourth-order valence-electron chi connectivity index (χ4n) is 7.67. The number of benzene rings is 1. The van der Waals surface area contributed by atoms with Crippen molar-refractivity contribution in [1.82, 2.24) is 14.7 Å². The van der Waals surface area contributed by atoms with Crippen molar-refractivity contribution in [1.29, 1.82) is 5.26 Å². The Kier molecular flexibility index (Phi) is 9.12. The van der Waals surface area contributed by atoms with E-state index in [1.54, 1.807) is 23.6 Å². The summed E-state index contributed by atoms with van der Waals surface area (Å²) in [4.78, 5) is 32.0. The summed E-state index contributed by atoms with van der Waals surface area (Å²) >= 11 is 0. The number of carboxylic acid groups (broad SMARTS) is 1. The summed E-state index contributed by atoms with van der Waals surface area (Å²) in [5.74, 6) is -3.94. The van der Waals surface area contributed by atoms with Crippen molar-refractivity contribution >= 4 is 19.1 Å². The number of aryl methyl sites for hydroxylation is 1. The second kappa shape index (κ2) is 12.2. The Bertz CT molecular complexity index is 1370. The Balaban J connectivity index is 1.43. The van der Waals surface area contributed by atoms with Crippen LogP contribution in [0.2, 0.25) is 0 Å². The van der Waals surface area contributed by atoms with Crippen LogP contribution in [-0.2, 0) is 20.5 Å². The van der Waals surface area contributed by atoms with Gasteiger partial charge >= 0.3 is 13.2 Å². The molecule has 1 atom stereocenters. The topological polar surface area (TPSA) is 106 Å². The molecule has 0 saturated carbocycles. The standard InChI is InChI=1S/C34H47BF2N4O5/c1-30(2,39-19-18-34(36,37)23-39)20-25(21-38)28(42)41-26-14-16-33(41,17-15-26)22-40(29(43)44)27(13-12-24-10-8-7-9-11-24)35-45-31(3,4)32(5,6)46-35/h7-11,20,26-27H,12-19,22-23H2,1-6H3,(H,43,44)/t26?,27-,33?/m0/s1. The van der Waals surface area contributed by atoms with E-state index in [2.05, 4.69) is 6.07 Å². The summed E-state index contributed by atoms with van der Waals surface area (Å²) in [6, 6.07) is 11.8. The van der Waals surface area contributed by atoms with Gasteiger partial charge in [-0.05, 0) is 91.7 Å². The molecule has 5 rings (SSSR count). The molecule has 0 radical (unpaired) electrons. The van der Waals surface area contributed by atoms with Gasteiger partial charge in [-0.3, -0.25) is 9.69 Å². The molecule has 4 aliphatic heterocycles. The first kappa shape index (κ1) is 34.3. The summed E-state index contributed by atoms with van der Waals surface area (Å²) in [6.07, 6.45) is 3.75. The van der Waals surface area contributed by atoms with Gasteiger partial charge in [0, 0.05) is 31.1 Å². The quantitative estimate of drug-likeness (QED) is 0.199. The molecular weight excluding hydrogens is 593 g/mol. The zero-order chi connectivity index (χ0) is 33.7. The van der Waals surface area contributed by atoms with E-state index in [0.29, 0.717) is 38.5 Å². The highest BCUT2D eigenvalue weighted by Gasteiger charge is 2.59. The number of alkyl halides is 2. The van der Waals surface area contributed by atoms with E-state index in [9.17, 15) is 28.7 Å². The van der Waals surface area contributed by atoms with E-state index in [1.165, 1.54) is 11.0 Å². The molecular formula is C34H47BF2N4O5. The molecule has 4 saturated heterocycles. The van der Waals surface area contributed by atoms with Crippen LogP contribution in [0.5, 0.6) is 0 Å². The van der Waals surface area contributed by atoms with E-state index in [4.69, 9.17) is 9.31 Å². The lowest BCUT2D eigenvalue weighted by Crippen LogP contribution is -2.59. The van der Waals surface area contributed by atoms with Crippen LogP contribution in [0, 0.1) is 11.3 Å². The van der Waals surface area contributed by atoms with Crippen LogP contribution in [0.1, 0.15) is 85.6 Å². The molecule has 12 heteroatoms. The first-order valence-electron chi connectivity index (χ1n) is 16.4.